The van der Waals surface area contributed by atoms with Crippen LogP contribution in [0.15, 0.2) is 30.5 Å². The Hall–Kier alpha value is -2.96. The Balaban J connectivity index is 2.08. The molecule has 1 aromatic carbocycles. The molecule has 4 N–H and O–H groups in total. The minimum atomic E-state index is -0.814. The van der Waals surface area contributed by atoms with Crippen LogP contribution >= 0.6 is 0 Å². The molecule has 21 heavy (non-hydrogen) atoms. The van der Waals surface area contributed by atoms with E-state index in [1.54, 1.807) is 12.1 Å². The minimum Gasteiger partial charge on any atom is -0.364 e. The van der Waals surface area contributed by atoms with Gasteiger partial charge in [0.15, 0.2) is 11.6 Å². The van der Waals surface area contributed by atoms with E-state index in [2.05, 4.69) is 4.98 Å². The third-order valence-electron chi connectivity index (χ3n) is 3.54. The summed E-state index contributed by atoms with van der Waals surface area (Å²) in [5.41, 5.74) is 11.8. The molecule has 0 fully saturated rings. The largest absolute Gasteiger partial charge is 0.364 e. The second-order valence-electron chi connectivity index (χ2n) is 4.83. The number of Topliss-reactive ketones (excluding diaryl/α,β-unsaturated/α-hetero) is 1. The summed E-state index contributed by atoms with van der Waals surface area (Å²) >= 11 is 0. The monoisotopic (exact) mass is 284 g/mol. The van der Waals surface area contributed by atoms with Crippen LogP contribution in [0.2, 0.25) is 0 Å². The van der Waals surface area contributed by atoms with Crippen molar-refractivity contribution >= 4 is 17.6 Å². The van der Waals surface area contributed by atoms with Crippen molar-refractivity contribution in [1.29, 1.82) is 0 Å². The normalized spacial score (nSPS) is 16.8. The minimum absolute atomic E-state index is 0.0902. The van der Waals surface area contributed by atoms with E-state index in [1.165, 1.54) is 10.8 Å². The van der Waals surface area contributed by atoms with E-state index in [9.17, 15) is 14.4 Å². The fourth-order valence-electron chi connectivity index (χ4n) is 2.58. The molecule has 1 atom stereocenters. The molecule has 0 saturated heterocycles. The predicted molar refractivity (Wildman–Crippen MR) is 72.8 cm³/mol. The molecular formula is C14H12N4O3. The van der Waals surface area contributed by atoms with Crippen LogP contribution in [0.1, 0.15) is 43.1 Å². The van der Waals surface area contributed by atoms with Crippen molar-refractivity contribution in [1.82, 2.24) is 9.55 Å². The molecule has 2 aromatic rings. The van der Waals surface area contributed by atoms with Gasteiger partial charge in [0.1, 0.15) is 11.7 Å². The number of aromatic nitrogens is 2. The highest BCUT2D eigenvalue weighted by atomic mass is 16.2. The molecular weight excluding hydrogens is 272 g/mol. The third kappa shape index (κ3) is 1.99. The van der Waals surface area contributed by atoms with Crippen molar-refractivity contribution in [3.8, 4) is 0 Å². The van der Waals surface area contributed by atoms with Crippen molar-refractivity contribution < 1.29 is 14.4 Å². The summed E-state index contributed by atoms with van der Waals surface area (Å²) in [5, 5.41) is 0. The number of hydrogen-bond acceptors (Lipinski definition) is 4. The lowest BCUT2D eigenvalue weighted by Crippen LogP contribution is -2.23. The van der Waals surface area contributed by atoms with Gasteiger partial charge in [-0.05, 0) is 5.56 Å². The first-order valence-electron chi connectivity index (χ1n) is 6.29. The van der Waals surface area contributed by atoms with E-state index >= 15 is 0 Å². The van der Waals surface area contributed by atoms with Crippen molar-refractivity contribution in [3.63, 3.8) is 0 Å². The average molecular weight is 284 g/mol. The predicted octanol–water partition coefficient (Wildman–Crippen LogP) is 0.0610. The third-order valence-corrected chi connectivity index (χ3v) is 3.54. The highest BCUT2D eigenvalue weighted by Gasteiger charge is 2.34. The number of nitrogens with two attached hydrogens (primary N) is 2. The molecule has 0 spiro atoms. The van der Waals surface area contributed by atoms with Gasteiger partial charge in [0.2, 0.25) is 0 Å². The van der Waals surface area contributed by atoms with E-state index in [1.807, 2.05) is 12.1 Å². The molecule has 1 aromatic heterocycles. The van der Waals surface area contributed by atoms with E-state index in [0.717, 1.165) is 5.56 Å². The lowest BCUT2D eigenvalue weighted by molar-refractivity contribution is 0.0929. The standard InChI is InChI=1S/C14H12N4O3/c15-12(20)9-6-18(14(17-9)13(16)21)10-5-7-3-1-2-4-8(7)11(10)19/h1-4,6,10H,5H2,(H2,15,20)(H2,16,21). The lowest BCUT2D eigenvalue weighted by Gasteiger charge is -2.11. The van der Waals surface area contributed by atoms with Gasteiger partial charge in [-0.2, -0.15) is 0 Å². The number of fused-ring (bicyclic) bond motifs is 1. The number of amides is 2. The van der Waals surface area contributed by atoms with Gasteiger partial charge in [-0.15, -0.1) is 0 Å². The number of rotatable bonds is 3. The van der Waals surface area contributed by atoms with Crippen LogP contribution in [-0.2, 0) is 6.42 Å². The van der Waals surface area contributed by atoms with Crippen LogP contribution in [-0.4, -0.2) is 27.1 Å². The van der Waals surface area contributed by atoms with Crippen LogP contribution < -0.4 is 11.5 Å². The topological polar surface area (TPSA) is 121 Å². The summed E-state index contributed by atoms with van der Waals surface area (Å²) in [4.78, 5) is 38.9. The Morgan fingerprint density at radius 2 is 1.90 bits per heavy atom. The van der Waals surface area contributed by atoms with Gasteiger partial charge in [-0.3, -0.25) is 14.4 Å². The number of imidazole rings is 1. The van der Waals surface area contributed by atoms with E-state index in [-0.39, 0.29) is 17.3 Å². The van der Waals surface area contributed by atoms with Crippen molar-refractivity contribution in [3.05, 3.63) is 53.1 Å². The highest BCUT2D eigenvalue weighted by Crippen LogP contribution is 2.31. The Labute approximate surface area is 119 Å². The average Bonchev–Trinajstić information content (AvgIpc) is 3.01. The number of benzene rings is 1. The molecule has 7 nitrogen and oxygen atoms in total. The van der Waals surface area contributed by atoms with Crippen LogP contribution in [0.5, 0.6) is 0 Å². The van der Waals surface area contributed by atoms with Gasteiger partial charge in [-0.25, -0.2) is 4.98 Å². The number of hydrogen-bond donors (Lipinski definition) is 2. The molecule has 106 valence electrons. The molecule has 1 aliphatic rings. The molecule has 0 saturated carbocycles. The Morgan fingerprint density at radius 1 is 1.19 bits per heavy atom. The van der Waals surface area contributed by atoms with Gasteiger partial charge in [0.05, 0.1) is 0 Å². The number of carbonyl (C=O) groups excluding carboxylic acids is 3. The van der Waals surface area contributed by atoms with Crippen molar-refractivity contribution in [2.75, 3.05) is 0 Å². The molecule has 2 amide bonds. The summed E-state index contributed by atoms with van der Waals surface area (Å²) in [6.45, 7) is 0. The fraction of sp³-hybridized carbons (Fsp3) is 0.143. The maximum absolute atomic E-state index is 12.4. The summed E-state index contributed by atoms with van der Waals surface area (Å²) in [6.07, 6.45) is 1.72. The molecule has 0 radical (unpaired) electrons. The molecule has 1 heterocycles. The zero-order valence-corrected chi connectivity index (χ0v) is 10.9. The zero-order chi connectivity index (χ0) is 15.1. The van der Waals surface area contributed by atoms with Crippen molar-refractivity contribution in [2.45, 2.75) is 12.5 Å². The van der Waals surface area contributed by atoms with Crippen LogP contribution in [0.3, 0.4) is 0 Å². The molecule has 7 heteroatoms. The molecule has 1 unspecified atom stereocenters. The molecule has 1 aliphatic carbocycles. The number of nitrogens with zero attached hydrogens (tertiary/aromatic N) is 2. The maximum Gasteiger partial charge on any atom is 0.284 e. The first-order chi connectivity index (χ1) is 9.99. The number of ketones is 1. The summed E-state index contributed by atoms with van der Waals surface area (Å²) in [5.74, 6) is -1.87. The SMILES string of the molecule is NC(=O)c1cn(C2Cc3ccccc3C2=O)c(C(N)=O)n1. The quantitative estimate of drug-likeness (QED) is 0.827. The number of carbonyl (C=O) groups is 3. The molecule has 3 rings (SSSR count). The van der Waals surface area contributed by atoms with Gasteiger partial charge in [0.25, 0.3) is 11.8 Å². The Morgan fingerprint density at radius 3 is 2.52 bits per heavy atom. The molecule has 0 bridgehead atoms. The van der Waals surface area contributed by atoms with E-state index in [4.69, 9.17) is 11.5 Å². The smallest absolute Gasteiger partial charge is 0.284 e. The maximum atomic E-state index is 12.4. The first-order valence-corrected chi connectivity index (χ1v) is 6.29. The van der Waals surface area contributed by atoms with E-state index < -0.39 is 17.9 Å². The second kappa shape index (κ2) is 4.55. The Bertz CT molecular complexity index is 778. The Kier molecular flexibility index (Phi) is 2.83. The fourth-order valence-corrected chi connectivity index (χ4v) is 2.58. The second-order valence-corrected chi connectivity index (χ2v) is 4.83. The molecule has 0 aliphatic heterocycles. The highest BCUT2D eigenvalue weighted by molar-refractivity contribution is 6.04. The van der Waals surface area contributed by atoms with Crippen LogP contribution in [0.25, 0.3) is 0 Å². The first kappa shape index (κ1) is 13.0. The van der Waals surface area contributed by atoms with Gasteiger partial charge < -0.3 is 16.0 Å². The summed E-state index contributed by atoms with van der Waals surface area (Å²) < 4.78 is 1.34. The summed E-state index contributed by atoms with van der Waals surface area (Å²) in [6, 6.07) is 6.56. The van der Waals surface area contributed by atoms with Crippen molar-refractivity contribution in [2.24, 2.45) is 11.5 Å². The lowest BCUT2D eigenvalue weighted by atomic mass is 10.1. The summed E-state index contributed by atoms with van der Waals surface area (Å²) in [7, 11) is 0. The van der Waals surface area contributed by atoms with Crippen LogP contribution in [0.4, 0.5) is 0 Å². The van der Waals surface area contributed by atoms with E-state index in [0.29, 0.717) is 12.0 Å². The van der Waals surface area contributed by atoms with Gasteiger partial charge in [-0.1, -0.05) is 24.3 Å². The number of primary amides is 2. The van der Waals surface area contributed by atoms with Crippen LogP contribution in [0, 0.1) is 0 Å². The zero-order valence-electron chi connectivity index (χ0n) is 10.9. The van der Waals surface area contributed by atoms with Gasteiger partial charge >= 0.3 is 0 Å². The van der Waals surface area contributed by atoms with Gasteiger partial charge in [0, 0.05) is 18.2 Å².